The zero-order valence-electron chi connectivity index (χ0n) is 8.61. The Bertz CT molecular complexity index is 502. The van der Waals surface area contributed by atoms with Gasteiger partial charge in [-0.2, -0.15) is 0 Å². The summed E-state index contributed by atoms with van der Waals surface area (Å²) in [4.78, 5) is 17.7. The van der Waals surface area contributed by atoms with E-state index in [1.54, 1.807) is 6.92 Å². The molecule has 0 amide bonds. The van der Waals surface area contributed by atoms with Gasteiger partial charge in [0, 0.05) is 5.56 Å². The smallest absolute Gasteiger partial charge is 0.222 e. The molecule has 1 N–H and O–H groups in total. The molecule has 76 valence electrons. The molecule has 0 aliphatic heterocycles. The number of rotatable bonds is 2. The van der Waals surface area contributed by atoms with Gasteiger partial charge in [-0.15, -0.1) is 4.91 Å². The highest BCUT2D eigenvalue weighted by molar-refractivity contribution is 5.72. The molecule has 0 fully saturated rings. The molecule has 2 aromatic rings. The molecule has 0 aliphatic carbocycles. The highest BCUT2D eigenvalue weighted by Gasteiger charge is 2.12. The Morgan fingerprint density at radius 1 is 1.27 bits per heavy atom. The fraction of sp³-hybridized carbons (Fsp3) is 0.182. The zero-order chi connectivity index (χ0) is 10.8. The number of hydrogen-bond acceptors (Lipinski definition) is 3. The number of aromatic nitrogens is 2. The third-order valence-corrected chi connectivity index (χ3v) is 2.30. The first-order chi connectivity index (χ1) is 7.22. The van der Waals surface area contributed by atoms with Crippen molar-refractivity contribution >= 4 is 5.82 Å². The number of aryl methyl sites for hydroxylation is 2. The molecular weight excluding hydrogens is 190 g/mol. The number of benzene rings is 1. The van der Waals surface area contributed by atoms with Gasteiger partial charge in [-0.05, 0) is 24.6 Å². The van der Waals surface area contributed by atoms with Gasteiger partial charge >= 0.3 is 0 Å². The second kappa shape index (κ2) is 3.65. The van der Waals surface area contributed by atoms with E-state index in [1.165, 1.54) is 0 Å². The minimum atomic E-state index is 0.224. The van der Waals surface area contributed by atoms with Crippen molar-refractivity contribution in [1.82, 2.24) is 9.97 Å². The molecule has 0 unspecified atom stereocenters. The van der Waals surface area contributed by atoms with Crippen LogP contribution in [0.15, 0.2) is 29.4 Å². The van der Waals surface area contributed by atoms with Crippen molar-refractivity contribution in [3.05, 3.63) is 40.6 Å². The molecule has 1 aromatic heterocycles. The summed E-state index contributed by atoms with van der Waals surface area (Å²) >= 11 is 0. The largest absolute Gasteiger partial charge is 0.340 e. The lowest BCUT2D eigenvalue weighted by atomic mass is 10.1. The first-order valence-electron chi connectivity index (χ1n) is 4.68. The van der Waals surface area contributed by atoms with Gasteiger partial charge in [0.2, 0.25) is 5.82 Å². The molecule has 0 saturated heterocycles. The topological polar surface area (TPSA) is 58.1 Å². The van der Waals surface area contributed by atoms with Crippen LogP contribution in [0.2, 0.25) is 0 Å². The summed E-state index contributed by atoms with van der Waals surface area (Å²) in [7, 11) is 0. The van der Waals surface area contributed by atoms with Crippen molar-refractivity contribution in [3.8, 4) is 11.3 Å². The third-order valence-electron chi connectivity index (χ3n) is 2.30. The van der Waals surface area contributed by atoms with E-state index in [2.05, 4.69) is 15.1 Å². The number of aromatic amines is 1. The molecule has 0 aliphatic rings. The van der Waals surface area contributed by atoms with E-state index in [4.69, 9.17) is 0 Å². The van der Waals surface area contributed by atoms with Crippen molar-refractivity contribution in [2.45, 2.75) is 13.8 Å². The number of nitrogens with zero attached hydrogens (tertiary/aromatic N) is 2. The van der Waals surface area contributed by atoms with Crippen LogP contribution in [0.3, 0.4) is 0 Å². The Hall–Kier alpha value is -1.97. The molecule has 4 heteroatoms. The zero-order valence-corrected chi connectivity index (χ0v) is 8.61. The van der Waals surface area contributed by atoms with E-state index in [9.17, 15) is 4.91 Å². The summed E-state index contributed by atoms with van der Waals surface area (Å²) in [5.41, 5.74) is 2.75. The summed E-state index contributed by atoms with van der Waals surface area (Å²) in [6, 6.07) is 7.81. The van der Waals surface area contributed by atoms with E-state index in [1.807, 2.05) is 31.2 Å². The third kappa shape index (κ3) is 1.66. The standard InChI is InChI=1S/C11H11N3O/c1-7-5-3-4-6-9(7)10-11(14-15)13-8(2)12-10/h3-6H,1-2H3,(H,12,13). The summed E-state index contributed by atoms with van der Waals surface area (Å²) in [6.45, 7) is 3.79. The lowest BCUT2D eigenvalue weighted by Crippen LogP contribution is -1.83. The maximum absolute atomic E-state index is 10.6. The first-order valence-corrected chi connectivity index (χ1v) is 4.68. The van der Waals surface area contributed by atoms with Crippen LogP contribution in [-0.2, 0) is 0 Å². The number of H-pyrrole nitrogens is 1. The molecule has 0 atom stereocenters. The molecule has 1 heterocycles. The summed E-state index contributed by atoms with van der Waals surface area (Å²) in [5, 5.41) is 2.92. The van der Waals surface area contributed by atoms with Crippen LogP contribution in [0.5, 0.6) is 0 Å². The fourth-order valence-corrected chi connectivity index (χ4v) is 1.59. The minimum Gasteiger partial charge on any atom is -0.340 e. The molecule has 0 bridgehead atoms. The highest BCUT2D eigenvalue weighted by Crippen LogP contribution is 2.29. The number of nitroso groups, excluding NO2 is 1. The van der Waals surface area contributed by atoms with Crippen LogP contribution < -0.4 is 0 Å². The Morgan fingerprint density at radius 3 is 2.67 bits per heavy atom. The average Bonchev–Trinajstić information content (AvgIpc) is 2.60. The van der Waals surface area contributed by atoms with Crippen LogP contribution in [-0.4, -0.2) is 9.97 Å². The van der Waals surface area contributed by atoms with Crippen LogP contribution in [0.1, 0.15) is 11.4 Å². The molecule has 0 radical (unpaired) electrons. The monoisotopic (exact) mass is 201 g/mol. The molecule has 1 aromatic carbocycles. The van der Waals surface area contributed by atoms with E-state index in [0.29, 0.717) is 11.5 Å². The Balaban J connectivity index is 2.63. The summed E-state index contributed by atoms with van der Waals surface area (Å²) in [6.07, 6.45) is 0. The molecule has 15 heavy (non-hydrogen) atoms. The van der Waals surface area contributed by atoms with E-state index in [0.717, 1.165) is 11.1 Å². The van der Waals surface area contributed by atoms with Gasteiger partial charge in [0.1, 0.15) is 5.82 Å². The normalized spacial score (nSPS) is 10.3. The minimum absolute atomic E-state index is 0.224. The van der Waals surface area contributed by atoms with Gasteiger partial charge in [0.25, 0.3) is 0 Å². The number of imidazole rings is 1. The van der Waals surface area contributed by atoms with E-state index >= 15 is 0 Å². The van der Waals surface area contributed by atoms with E-state index in [-0.39, 0.29) is 5.82 Å². The quantitative estimate of drug-likeness (QED) is 0.759. The predicted molar refractivity (Wildman–Crippen MR) is 59.0 cm³/mol. The van der Waals surface area contributed by atoms with Crippen LogP contribution in [0.4, 0.5) is 5.82 Å². The SMILES string of the molecule is Cc1nc(N=O)c(-c2ccccc2C)[nH]1. The lowest BCUT2D eigenvalue weighted by molar-refractivity contribution is 1.14. The maximum atomic E-state index is 10.6. The van der Waals surface area contributed by atoms with Crippen LogP contribution in [0.25, 0.3) is 11.3 Å². The average molecular weight is 201 g/mol. The summed E-state index contributed by atoms with van der Waals surface area (Å²) in [5.74, 6) is 0.921. The lowest BCUT2D eigenvalue weighted by Gasteiger charge is -2.01. The van der Waals surface area contributed by atoms with Crippen molar-refractivity contribution in [3.63, 3.8) is 0 Å². The Labute approximate surface area is 87.3 Å². The van der Waals surface area contributed by atoms with E-state index < -0.39 is 0 Å². The van der Waals surface area contributed by atoms with Gasteiger partial charge in [-0.1, -0.05) is 24.3 Å². The predicted octanol–water partition coefficient (Wildman–Crippen LogP) is 3.09. The molecule has 0 spiro atoms. The second-order valence-electron chi connectivity index (χ2n) is 3.43. The van der Waals surface area contributed by atoms with Gasteiger partial charge in [-0.25, -0.2) is 4.98 Å². The molecular formula is C11H11N3O. The summed E-state index contributed by atoms with van der Waals surface area (Å²) < 4.78 is 0. The molecule has 0 saturated carbocycles. The van der Waals surface area contributed by atoms with Gasteiger partial charge in [0.05, 0.1) is 5.69 Å². The molecule has 4 nitrogen and oxygen atoms in total. The number of hydrogen-bond donors (Lipinski definition) is 1. The second-order valence-corrected chi connectivity index (χ2v) is 3.43. The van der Waals surface area contributed by atoms with Gasteiger partial charge in [0.15, 0.2) is 0 Å². The van der Waals surface area contributed by atoms with Gasteiger partial charge < -0.3 is 4.98 Å². The van der Waals surface area contributed by atoms with Crippen molar-refractivity contribution in [2.24, 2.45) is 5.18 Å². The first kappa shape index (κ1) is 9.58. The van der Waals surface area contributed by atoms with Crippen molar-refractivity contribution < 1.29 is 0 Å². The Kier molecular flexibility index (Phi) is 2.33. The van der Waals surface area contributed by atoms with Crippen molar-refractivity contribution in [2.75, 3.05) is 0 Å². The van der Waals surface area contributed by atoms with Crippen LogP contribution >= 0.6 is 0 Å². The number of nitrogens with one attached hydrogen (secondary N) is 1. The fourth-order valence-electron chi connectivity index (χ4n) is 1.59. The highest BCUT2D eigenvalue weighted by atomic mass is 16.3. The van der Waals surface area contributed by atoms with Gasteiger partial charge in [-0.3, -0.25) is 0 Å². The molecule has 2 rings (SSSR count). The van der Waals surface area contributed by atoms with Crippen molar-refractivity contribution in [1.29, 1.82) is 0 Å². The Morgan fingerprint density at radius 2 is 2.00 bits per heavy atom. The van der Waals surface area contributed by atoms with Crippen LogP contribution in [0, 0.1) is 18.8 Å². The maximum Gasteiger partial charge on any atom is 0.222 e.